The molecule has 0 radical (unpaired) electrons. The van der Waals surface area contributed by atoms with Crippen LogP contribution in [0.4, 0.5) is 0 Å². The average molecular weight is 305 g/mol. The summed E-state index contributed by atoms with van der Waals surface area (Å²) in [5.41, 5.74) is 1.47. The Morgan fingerprint density at radius 2 is 2.33 bits per heavy atom. The molecule has 1 unspecified atom stereocenters. The Balaban J connectivity index is 1.53. The lowest BCUT2D eigenvalue weighted by Gasteiger charge is -2.29. The van der Waals surface area contributed by atoms with E-state index in [4.69, 9.17) is 4.42 Å². The van der Waals surface area contributed by atoms with Crippen LogP contribution in [0.3, 0.4) is 0 Å². The molecule has 0 saturated heterocycles. The molecule has 3 rings (SSSR count). The van der Waals surface area contributed by atoms with Gasteiger partial charge in [-0.2, -0.15) is 0 Å². The first-order chi connectivity index (χ1) is 10.1. The van der Waals surface area contributed by atoms with Crippen molar-refractivity contribution in [2.75, 3.05) is 13.1 Å². The fourth-order valence-electron chi connectivity index (χ4n) is 2.81. The molecule has 3 heterocycles. The molecule has 1 aliphatic heterocycles. The number of aryl methyl sites for hydroxylation is 1. The number of carbonyl (C=O) groups excluding carboxylic acids is 1. The molecule has 21 heavy (non-hydrogen) atoms. The van der Waals surface area contributed by atoms with Crippen LogP contribution < -0.4 is 10.2 Å². The molecule has 0 fully saturated rings. The molecule has 1 amide bonds. The normalized spacial score (nSPS) is 19.0. The van der Waals surface area contributed by atoms with Crippen molar-refractivity contribution in [3.8, 4) is 0 Å². The van der Waals surface area contributed by atoms with Crippen molar-refractivity contribution in [3.63, 3.8) is 0 Å². The third-order valence-corrected chi connectivity index (χ3v) is 5.18. The summed E-state index contributed by atoms with van der Waals surface area (Å²) in [6, 6.07) is 6.17. The van der Waals surface area contributed by atoms with Crippen LogP contribution in [0.1, 0.15) is 33.7 Å². The van der Waals surface area contributed by atoms with E-state index in [9.17, 15) is 4.79 Å². The molecule has 0 aliphatic carbocycles. The number of hydrogen-bond acceptors (Lipinski definition) is 3. The van der Waals surface area contributed by atoms with Gasteiger partial charge < -0.3 is 14.6 Å². The van der Waals surface area contributed by atoms with Crippen molar-refractivity contribution >= 4 is 17.2 Å². The van der Waals surface area contributed by atoms with E-state index in [-0.39, 0.29) is 5.91 Å². The Morgan fingerprint density at radius 3 is 3.10 bits per heavy atom. The van der Waals surface area contributed by atoms with E-state index in [1.807, 2.05) is 24.3 Å². The summed E-state index contributed by atoms with van der Waals surface area (Å²) >= 11 is 1.86. The molecular formula is C16H21N2O2S+. The molecule has 2 aromatic heterocycles. The van der Waals surface area contributed by atoms with Crippen molar-refractivity contribution in [2.24, 2.45) is 0 Å². The first-order valence-electron chi connectivity index (χ1n) is 7.38. The van der Waals surface area contributed by atoms with Gasteiger partial charge in [-0.25, -0.2) is 0 Å². The van der Waals surface area contributed by atoms with E-state index >= 15 is 0 Å². The maximum Gasteiger partial charge on any atom is 0.287 e. The summed E-state index contributed by atoms with van der Waals surface area (Å²) in [6.45, 7) is 6.92. The van der Waals surface area contributed by atoms with Crippen LogP contribution in [0.5, 0.6) is 0 Å². The molecule has 112 valence electrons. The van der Waals surface area contributed by atoms with Gasteiger partial charge in [-0.15, -0.1) is 11.3 Å². The second-order valence-corrected chi connectivity index (χ2v) is 6.73. The van der Waals surface area contributed by atoms with Gasteiger partial charge in [0.1, 0.15) is 18.3 Å². The molecule has 4 nitrogen and oxygen atoms in total. The average Bonchev–Trinajstić information content (AvgIpc) is 3.12. The zero-order chi connectivity index (χ0) is 14.8. The van der Waals surface area contributed by atoms with E-state index in [1.54, 1.807) is 6.07 Å². The highest BCUT2D eigenvalue weighted by Crippen LogP contribution is 2.18. The second kappa shape index (κ2) is 6.03. The smallest absolute Gasteiger partial charge is 0.287 e. The van der Waals surface area contributed by atoms with Gasteiger partial charge in [-0.1, -0.05) is 0 Å². The topological polar surface area (TPSA) is 46.7 Å². The maximum atomic E-state index is 12.0. The van der Waals surface area contributed by atoms with E-state index < -0.39 is 0 Å². The first kappa shape index (κ1) is 14.4. The number of hydrogen-bond donors (Lipinski definition) is 2. The predicted molar refractivity (Wildman–Crippen MR) is 82.8 cm³/mol. The zero-order valence-electron chi connectivity index (χ0n) is 12.4. The third-order valence-electron chi connectivity index (χ3n) is 4.16. The minimum Gasteiger partial charge on any atom is -0.456 e. The Labute approximate surface area is 128 Å². The quantitative estimate of drug-likeness (QED) is 0.897. The van der Waals surface area contributed by atoms with E-state index in [1.165, 1.54) is 15.3 Å². The Kier molecular flexibility index (Phi) is 4.12. The van der Waals surface area contributed by atoms with Gasteiger partial charge in [0.2, 0.25) is 0 Å². The summed E-state index contributed by atoms with van der Waals surface area (Å²) < 4.78 is 5.34. The molecule has 0 aromatic carbocycles. The minimum atomic E-state index is -0.123. The largest absolute Gasteiger partial charge is 0.456 e. The number of amides is 1. The molecule has 2 N–H and O–H groups in total. The van der Waals surface area contributed by atoms with Crippen LogP contribution in [0.2, 0.25) is 0 Å². The van der Waals surface area contributed by atoms with Gasteiger partial charge in [0.15, 0.2) is 5.76 Å². The summed E-state index contributed by atoms with van der Waals surface area (Å²) in [5.74, 6) is 1.04. The molecule has 2 atom stereocenters. The molecule has 0 saturated carbocycles. The Hall–Kier alpha value is -1.59. The second-order valence-electron chi connectivity index (χ2n) is 5.73. The van der Waals surface area contributed by atoms with E-state index in [2.05, 4.69) is 23.7 Å². The van der Waals surface area contributed by atoms with Crippen molar-refractivity contribution in [3.05, 3.63) is 45.5 Å². The summed E-state index contributed by atoms with van der Waals surface area (Å²) in [7, 11) is 0. The zero-order valence-corrected chi connectivity index (χ0v) is 13.3. The molecule has 0 spiro atoms. The van der Waals surface area contributed by atoms with Crippen LogP contribution >= 0.6 is 11.3 Å². The minimum absolute atomic E-state index is 0.123. The Morgan fingerprint density at radius 1 is 1.48 bits per heavy atom. The monoisotopic (exact) mass is 305 g/mol. The number of carbonyl (C=O) groups is 1. The number of furan rings is 1. The summed E-state index contributed by atoms with van der Waals surface area (Å²) in [5, 5.41) is 5.16. The van der Waals surface area contributed by atoms with Crippen LogP contribution in [0, 0.1) is 6.92 Å². The third kappa shape index (κ3) is 3.19. The van der Waals surface area contributed by atoms with E-state index in [0.717, 1.165) is 25.3 Å². The van der Waals surface area contributed by atoms with Gasteiger partial charge in [0.05, 0.1) is 13.1 Å². The van der Waals surface area contributed by atoms with Gasteiger partial charge >= 0.3 is 0 Å². The van der Waals surface area contributed by atoms with Gasteiger partial charge in [-0.05, 0) is 37.4 Å². The van der Waals surface area contributed by atoms with Crippen molar-refractivity contribution in [2.45, 2.75) is 32.9 Å². The standard InChI is InChI=1S/C16H20N2O2S/c1-11(9-17-16(19)14-4-3-12(2)20-14)18-7-5-15-13(10-18)6-8-21-15/h3-4,6,8,11H,5,7,9-10H2,1-2H3,(H,17,19)/p+1/t11-/m0/s1. The first-order valence-corrected chi connectivity index (χ1v) is 8.26. The summed E-state index contributed by atoms with van der Waals surface area (Å²) in [6.07, 6.45) is 1.15. The highest BCUT2D eigenvalue weighted by Gasteiger charge is 2.25. The van der Waals surface area contributed by atoms with Crippen molar-refractivity contribution in [1.82, 2.24) is 5.32 Å². The highest BCUT2D eigenvalue weighted by molar-refractivity contribution is 7.10. The molecular weight excluding hydrogens is 284 g/mol. The molecule has 2 aromatic rings. The molecule has 5 heteroatoms. The number of thiophene rings is 1. The number of quaternary nitrogens is 1. The lowest BCUT2D eigenvalue weighted by atomic mass is 10.1. The number of rotatable bonds is 4. The number of fused-ring (bicyclic) bond motifs is 1. The SMILES string of the molecule is Cc1ccc(C(=O)NC[C@H](C)[NH+]2CCc3sccc3C2)o1. The molecule has 1 aliphatic rings. The van der Waals surface area contributed by atoms with E-state index in [0.29, 0.717) is 18.3 Å². The maximum absolute atomic E-state index is 12.0. The van der Waals surface area contributed by atoms with Crippen LogP contribution in [0.15, 0.2) is 28.0 Å². The fourth-order valence-corrected chi connectivity index (χ4v) is 3.71. The predicted octanol–water partition coefficient (Wildman–Crippen LogP) is 1.41. The van der Waals surface area contributed by atoms with Gasteiger partial charge in [0.25, 0.3) is 5.91 Å². The molecule has 0 bridgehead atoms. The summed E-state index contributed by atoms with van der Waals surface area (Å²) in [4.78, 5) is 15.1. The van der Waals surface area contributed by atoms with Crippen LogP contribution in [-0.2, 0) is 13.0 Å². The lowest BCUT2D eigenvalue weighted by Crippen LogP contribution is -3.15. The number of nitrogens with one attached hydrogen (secondary N) is 2. The van der Waals surface area contributed by atoms with Gasteiger partial charge in [-0.3, -0.25) is 4.79 Å². The van der Waals surface area contributed by atoms with Crippen LogP contribution in [-0.4, -0.2) is 25.0 Å². The van der Waals surface area contributed by atoms with Crippen molar-refractivity contribution < 1.29 is 14.1 Å². The van der Waals surface area contributed by atoms with Crippen molar-refractivity contribution in [1.29, 1.82) is 0 Å². The highest BCUT2D eigenvalue weighted by atomic mass is 32.1. The Bertz CT molecular complexity index is 632. The van der Waals surface area contributed by atoms with Gasteiger partial charge in [0, 0.05) is 16.9 Å². The van der Waals surface area contributed by atoms with Crippen LogP contribution in [0.25, 0.3) is 0 Å². The lowest BCUT2D eigenvalue weighted by molar-refractivity contribution is -0.937. The fraction of sp³-hybridized carbons (Fsp3) is 0.438.